The van der Waals surface area contributed by atoms with Crippen LogP contribution in [0.5, 0.6) is 17.2 Å². The number of ether oxygens (including phenoxy) is 3. The number of hydrogen-bond acceptors (Lipinski definition) is 5. The number of methoxy groups -OCH3 is 1. The Hall–Kier alpha value is -1.89. The highest BCUT2D eigenvalue weighted by atomic mass is 79.9. The summed E-state index contributed by atoms with van der Waals surface area (Å²) in [6, 6.07) is 3.63. The van der Waals surface area contributed by atoms with Crippen molar-refractivity contribution in [2.75, 3.05) is 19.6 Å². The molecule has 1 aromatic carbocycles. The molecule has 0 fully saturated rings. The maximum absolute atomic E-state index is 5.81. The van der Waals surface area contributed by atoms with Gasteiger partial charge in [0.15, 0.2) is 11.5 Å². The van der Waals surface area contributed by atoms with E-state index in [1.165, 1.54) is 0 Å². The van der Waals surface area contributed by atoms with E-state index < -0.39 is 0 Å². The lowest BCUT2D eigenvalue weighted by Gasteiger charge is -2.10. The van der Waals surface area contributed by atoms with Gasteiger partial charge in [0.1, 0.15) is 16.0 Å². The molecular formula is C12H12BrN3O3. The van der Waals surface area contributed by atoms with Gasteiger partial charge < -0.3 is 19.9 Å². The predicted octanol–water partition coefficient (Wildman–Crippen LogP) is 2.17. The van der Waals surface area contributed by atoms with Gasteiger partial charge in [0, 0.05) is 18.7 Å². The third kappa shape index (κ3) is 1.81. The summed E-state index contributed by atoms with van der Waals surface area (Å²) in [6.45, 7) is 0.199. The molecule has 6 nitrogen and oxygen atoms in total. The molecule has 2 aromatic rings. The molecule has 0 aliphatic carbocycles. The molecule has 0 radical (unpaired) electrons. The smallest absolute Gasteiger partial charge is 0.231 e. The molecule has 2 heterocycles. The van der Waals surface area contributed by atoms with Gasteiger partial charge in [-0.25, -0.2) is 0 Å². The molecule has 1 aromatic heterocycles. The highest BCUT2D eigenvalue weighted by Crippen LogP contribution is 2.49. The lowest BCUT2D eigenvalue weighted by molar-refractivity contribution is 0.173. The van der Waals surface area contributed by atoms with E-state index in [1.54, 1.807) is 24.9 Å². The summed E-state index contributed by atoms with van der Waals surface area (Å²) in [7, 11) is 3.38. The molecule has 0 bridgehead atoms. The van der Waals surface area contributed by atoms with Crippen LogP contribution in [0.15, 0.2) is 16.6 Å². The summed E-state index contributed by atoms with van der Waals surface area (Å²) in [4.78, 5) is 0. The van der Waals surface area contributed by atoms with Crippen molar-refractivity contribution in [3.63, 3.8) is 0 Å². The largest absolute Gasteiger partial charge is 0.495 e. The minimum absolute atomic E-state index is 0.199. The van der Waals surface area contributed by atoms with Crippen LogP contribution in [0.1, 0.15) is 0 Å². The number of anilines is 1. The van der Waals surface area contributed by atoms with Crippen LogP contribution in [0, 0.1) is 0 Å². The van der Waals surface area contributed by atoms with Crippen LogP contribution in [0.2, 0.25) is 0 Å². The fraction of sp³-hybridized carbons (Fsp3) is 0.250. The average Bonchev–Trinajstić information content (AvgIpc) is 2.97. The van der Waals surface area contributed by atoms with Crippen LogP contribution in [-0.2, 0) is 7.05 Å². The van der Waals surface area contributed by atoms with Crippen LogP contribution >= 0.6 is 15.9 Å². The van der Waals surface area contributed by atoms with Crippen molar-refractivity contribution in [2.24, 2.45) is 7.05 Å². The zero-order chi connectivity index (χ0) is 13.6. The minimum atomic E-state index is 0.199. The van der Waals surface area contributed by atoms with Gasteiger partial charge in [-0.3, -0.25) is 4.68 Å². The van der Waals surface area contributed by atoms with Crippen LogP contribution < -0.4 is 19.9 Å². The summed E-state index contributed by atoms with van der Waals surface area (Å²) in [5.74, 6) is 2.52. The first-order valence-electron chi connectivity index (χ1n) is 5.57. The van der Waals surface area contributed by atoms with Crippen molar-refractivity contribution in [3.8, 4) is 28.5 Å². The Morgan fingerprint density at radius 3 is 2.84 bits per heavy atom. The van der Waals surface area contributed by atoms with Crippen LogP contribution in [-0.4, -0.2) is 23.7 Å². The Balaban J connectivity index is 2.23. The Morgan fingerprint density at radius 2 is 2.21 bits per heavy atom. The van der Waals surface area contributed by atoms with Crippen molar-refractivity contribution in [1.82, 2.24) is 9.78 Å². The number of benzene rings is 1. The number of nitrogens with zero attached hydrogens (tertiary/aromatic N) is 2. The summed E-state index contributed by atoms with van der Waals surface area (Å²) < 4.78 is 18.5. The Labute approximate surface area is 118 Å². The number of nitrogen functional groups attached to an aromatic ring is 1. The topological polar surface area (TPSA) is 71.5 Å². The third-order valence-electron chi connectivity index (χ3n) is 2.96. The molecule has 100 valence electrons. The van der Waals surface area contributed by atoms with E-state index in [9.17, 15) is 0 Å². The van der Waals surface area contributed by atoms with Gasteiger partial charge in [0.25, 0.3) is 0 Å². The molecule has 7 heteroatoms. The van der Waals surface area contributed by atoms with Crippen molar-refractivity contribution in [3.05, 3.63) is 16.6 Å². The molecule has 0 unspecified atom stereocenters. The standard InChI is InChI=1S/C12H12BrN3O3/c1-16-9(14)4-7(15-16)6-3-8-12(19-5-18-8)10(13)11(6)17-2/h3-4H,5,14H2,1-2H3. The van der Waals surface area contributed by atoms with Gasteiger partial charge in [-0.15, -0.1) is 0 Å². The number of hydrogen-bond donors (Lipinski definition) is 1. The fourth-order valence-corrected chi connectivity index (χ4v) is 2.67. The predicted molar refractivity (Wildman–Crippen MR) is 73.4 cm³/mol. The Kier molecular flexibility index (Phi) is 2.78. The maximum Gasteiger partial charge on any atom is 0.231 e. The Morgan fingerprint density at radius 1 is 1.42 bits per heavy atom. The van der Waals surface area contributed by atoms with Crippen LogP contribution in [0.3, 0.4) is 0 Å². The number of aryl methyl sites for hydroxylation is 1. The zero-order valence-corrected chi connectivity index (χ0v) is 12.0. The summed E-state index contributed by atoms with van der Waals surface area (Å²) in [5.41, 5.74) is 7.33. The molecule has 1 aliphatic heterocycles. The van der Waals surface area contributed by atoms with E-state index in [0.717, 1.165) is 11.3 Å². The molecule has 0 atom stereocenters. The molecule has 1 aliphatic rings. The lowest BCUT2D eigenvalue weighted by atomic mass is 10.1. The molecule has 19 heavy (non-hydrogen) atoms. The summed E-state index contributed by atoms with van der Waals surface area (Å²) in [5, 5.41) is 4.35. The van der Waals surface area contributed by atoms with Crippen molar-refractivity contribution < 1.29 is 14.2 Å². The first-order chi connectivity index (χ1) is 9.11. The number of nitrogens with two attached hydrogens (primary N) is 1. The maximum atomic E-state index is 5.81. The van der Waals surface area contributed by atoms with E-state index in [1.807, 2.05) is 6.07 Å². The molecule has 0 amide bonds. The van der Waals surface area contributed by atoms with E-state index in [2.05, 4.69) is 21.0 Å². The van der Waals surface area contributed by atoms with Gasteiger partial charge >= 0.3 is 0 Å². The second-order valence-electron chi connectivity index (χ2n) is 4.08. The molecule has 3 rings (SSSR count). The van der Waals surface area contributed by atoms with Gasteiger partial charge in [-0.1, -0.05) is 0 Å². The monoisotopic (exact) mass is 325 g/mol. The normalized spacial score (nSPS) is 12.8. The lowest BCUT2D eigenvalue weighted by Crippen LogP contribution is -1.97. The number of aromatic nitrogens is 2. The van der Waals surface area contributed by atoms with Crippen LogP contribution in [0.4, 0.5) is 5.82 Å². The van der Waals surface area contributed by atoms with Gasteiger partial charge in [-0.2, -0.15) is 5.10 Å². The molecule has 2 N–H and O–H groups in total. The highest BCUT2D eigenvalue weighted by molar-refractivity contribution is 9.10. The van der Waals surface area contributed by atoms with Crippen molar-refractivity contribution >= 4 is 21.7 Å². The SMILES string of the molecule is COc1c(-c2cc(N)n(C)n2)cc2c(c1Br)OCO2. The van der Waals surface area contributed by atoms with Crippen LogP contribution in [0.25, 0.3) is 11.3 Å². The molecular weight excluding hydrogens is 314 g/mol. The number of rotatable bonds is 2. The fourth-order valence-electron chi connectivity index (χ4n) is 1.99. The van der Waals surface area contributed by atoms with Gasteiger partial charge in [0.2, 0.25) is 6.79 Å². The van der Waals surface area contributed by atoms with E-state index in [4.69, 9.17) is 19.9 Å². The first kappa shape index (κ1) is 12.2. The van der Waals surface area contributed by atoms with Crippen molar-refractivity contribution in [1.29, 1.82) is 0 Å². The van der Waals surface area contributed by atoms with Crippen molar-refractivity contribution in [2.45, 2.75) is 0 Å². The number of fused-ring (bicyclic) bond motifs is 1. The molecule has 0 saturated heterocycles. The molecule has 0 spiro atoms. The summed E-state index contributed by atoms with van der Waals surface area (Å²) >= 11 is 3.47. The van der Waals surface area contributed by atoms with Gasteiger partial charge in [-0.05, 0) is 22.0 Å². The van der Waals surface area contributed by atoms with E-state index in [0.29, 0.717) is 27.5 Å². The molecule has 0 saturated carbocycles. The summed E-state index contributed by atoms with van der Waals surface area (Å²) in [6.07, 6.45) is 0. The van der Waals surface area contributed by atoms with Gasteiger partial charge in [0.05, 0.1) is 12.8 Å². The second-order valence-corrected chi connectivity index (χ2v) is 4.88. The quantitative estimate of drug-likeness (QED) is 0.916. The van der Waals surface area contributed by atoms with E-state index >= 15 is 0 Å². The van der Waals surface area contributed by atoms with E-state index in [-0.39, 0.29) is 6.79 Å². The second kappa shape index (κ2) is 4.34. The average molecular weight is 326 g/mol. The third-order valence-corrected chi connectivity index (χ3v) is 3.68. The minimum Gasteiger partial charge on any atom is -0.495 e. The highest BCUT2D eigenvalue weighted by Gasteiger charge is 2.25. The number of halogens is 1. The first-order valence-corrected chi connectivity index (χ1v) is 6.37. The Bertz CT molecular complexity index is 635. The zero-order valence-electron chi connectivity index (χ0n) is 10.4.